The number of benzodiazepines with no additional fused rings is 1. The van der Waals surface area contributed by atoms with Gasteiger partial charge in [0, 0.05) is 29.3 Å². The summed E-state index contributed by atoms with van der Waals surface area (Å²) >= 11 is 5.92. The maximum Gasteiger partial charge on any atom is 0.321 e. The Morgan fingerprint density at radius 2 is 1.79 bits per heavy atom. The van der Waals surface area contributed by atoms with Gasteiger partial charge in [-0.3, -0.25) is 14.9 Å². The summed E-state index contributed by atoms with van der Waals surface area (Å²) in [5, 5.41) is 16.4. The van der Waals surface area contributed by atoms with E-state index in [2.05, 4.69) is 15.6 Å². The fourth-order valence-electron chi connectivity index (χ4n) is 3.49. The summed E-state index contributed by atoms with van der Waals surface area (Å²) in [4.78, 5) is 42.5. The average molecular weight is 464 g/mol. The number of para-hydroxylation sites is 1. The van der Waals surface area contributed by atoms with Crippen molar-refractivity contribution in [1.82, 2.24) is 5.32 Å². The van der Waals surface area contributed by atoms with Gasteiger partial charge in [-0.1, -0.05) is 60.1 Å². The second kappa shape index (κ2) is 9.09. The number of carbonyl (C=O) groups is 2. The Hall–Kier alpha value is -4.24. The fraction of sp³-hybridized carbons (Fsp3) is 0.0870. The predicted molar refractivity (Wildman–Crippen MR) is 126 cm³/mol. The van der Waals surface area contributed by atoms with Crippen molar-refractivity contribution in [3.05, 3.63) is 99.1 Å². The van der Waals surface area contributed by atoms with Crippen LogP contribution in [0.4, 0.5) is 21.9 Å². The van der Waals surface area contributed by atoms with Crippen LogP contribution < -0.4 is 15.5 Å². The van der Waals surface area contributed by atoms with Gasteiger partial charge in [-0.25, -0.2) is 9.79 Å². The largest absolute Gasteiger partial charge is 0.321 e. The van der Waals surface area contributed by atoms with E-state index >= 15 is 0 Å². The number of urea groups is 1. The lowest BCUT2D eigenvalue weighted by Crippen LogP contribution is -2.47. The molecule has 166 valence electrons. The number of halogens is 1. The predicted octanol–water partition coefficient (Wildman–Crippen LogP) is 4.21. The van der Waals surface area contributed by atoms with Crippen LogP contribution in [0.25, 0.3) is 0 Å². The minimum absolute atomic E-state index is 0.102. The number of likely N-dealkylation sites (N-methyl/N-ethyl adjacent to an activating group) is 1. The van der Waals surface area contributed by atoms with Crippen LogP contribution in [0.1, 0.15) is 11.1 Å². The Labute approximate surface area is 193 Å². The van der Waals surface area contributed by atoms with Crippen LogP contribution in [0.5, 0.6) is 0 Å². The fourth-order valence-corrected chi connectivity index (χ4v) is 3.66. The number of aliphatic imine (C=N–C) groups is 1. The van der Waals surface area contributed by atoms with Crippen molar-refractivity contribution >= 4 is 46.3 Å². The van der Waals surface area contributed by atoms with Gasteiger partial charge in [0.05, 0.1) is 16.3 Å². The van der Waals surface area contributed by atoms with Crippen LogP contribution in [0.2, 0.25) is 5.02 Å². The third kappa shape index (κ3) is 4.53. The second-order valence-electron chi connectivity index (χ2n) is 7.18. The van der Waals surface area contributed by atoms with Gasteiger partial charge in [0.1, 0.15) is 5.69 Å². The Kier molecular flexibility index (Phi) is 6.05. The van der Waals surface area contributed by atoms with E-state index in [1.54, 1.807) is 13.1 Å². The SMILES string of the molecule is CN1C(=O)[C@@H](NC(=O)Nc2cc(Cl)ccc2[N+](=O)[O-])N=C(c2ccccc2)c2ccccc21. The van der Waals surface area contributed by atoms with Gasteiger partial charge >= 0.3 is 6.03 Å². The van der Waals surface area contributed by atoms with Crippen molar-refractivity contribution in [2.45, 2.75) is 6.17 Å². The quantitative estimate of drug-likeness (QED) is 0.445. The molecule has 9 nitrogen and oxygen atoms in total. The molecule has 0 bridgehead atoms. The number of hydrogen-bond acceptors (Lipinski definition) is 5. The van der Waals surface area contributed by atoms with Gasteiger partial charge in [-0.05, 0) is 18.2 Å². The molecule has 0 saturated carbocycles. The summed E-state index contributed by atoms with van der Waals surface area (Å²) in [5.41, 5.74) is 2.23. The van der Waals surface area contributed by atoms with E-state index in [-0.39, 0.29) is 16.4 Å². The maximum atomic E-state index is 13.1. The van der Waals surface area contributed by atoms with E-state index in [0.29, 0.717) is 11.4 Å². The van der Waals surface area contributed by atoms with Gasteiger partial charge < -0.3 is 15.5 Å². The minimum Gasteiger partial charge on any atom is -0.311 e. The molecule has 10 heteroatoms. The number of nitrogens with one attached hydrogen (secondary N) is 2. The zero-order valence-corrected chi connectivity index (χ0v) is 18.1. The minimum atomic E-state index is -1.27. The van der Waals surface area contributed by atoms with Crippen LogP contribution in [0.15, 0.2) is 77.8 Å². The van der Waals surface area contributed by atoms with Crippen molar-refractivity contribution in [1.29, 1.82) is 0 Å². The lowest BCUT2D eigenvalue weighted by Gasteiger charge is -2.21. The first-order chi connectivity index (χ1) is 15.8. The first-order valence-corrected chi connectivity index (χ1v) is 10.2. The number of nitro benzene ring substituents is 1. The van der Waals surface area contributed by atoms with Crippen LogP contribution in [-0.4, -0.2) is 35.8 Å². The number of rotatable bonds is 4. The molecule has 1 aliphatic rings. The lowest BCUT2D eigenvalue weighted by atomic mass is 10.0. The highest BCUT2D eigenvalue weighted by Crippen LogP contribution is 2.29. The molecule has 2 N–H and O–H groups in total. The molecule has 1 aliphatic heterocycles. The number of fused-ring (bicyclic) bond motifs is 1. The first kappa shape index (κ1) is 22.0. The van der Waals surface area contributed by atoms with Crippen molar-refractivity contribution in [2.75, 3.05) is 17.3 Å². The molecule has 4 rings (SSSR count). The number of hydrogen-bond donors (Lipinski definition) is 2. The molecule has 0 radical (unpaired) electrons. The topological polar surface area (TPSA) is 117 Å². The van der Waals surface area contributed by atoms with E-state index < -0.39 is 23.0 Å². The molecule has 3 aromatic rings. The molecule has 0 aliphatic carbocycles. The van der Waals surface area contributed by atoms with Crippen molar-refractivity contribution < 1.29 is 14.5 Å². The van der Waals surface area contributed by atoms with Gasteiger partial charge in [-0.15, -0.1) is 0 Å². The molecule has 0 aromatic heterocycles. The van der Waals surface area contributed by atoms with E-state index in [1.165, 1.54) is 23.1 Å². The van der Waals surface area contributed by atoms with Gasteiger partial charge in [0.25, 0.3) is 11.6 Å². The molecule has 1 heterocycles. The van der Waals surface area contributed by atoms with Crippen LogP contribution >= 0.6 is 11.6 Å². The average Bonchev–Trinajstić information content (AvgIpc) is 2.90. The number of benzene rings is 3. The third-order valence-electron chi connectivity index (χ3n) is 5.06. The smallest absolute Gasteiger partial charge is 0.311 e. The number of carbonyl (C=O) groups excluding carboxylic acids is 2. The molecule has 0 saturated heterocycles. The third-order valence-corrected chi connectivity index (χ3v) is 5.30. The molecule has 1 atom stereocenters. The molecule has 3 aromatic carbocycles. The summed E-state index contributed by atoms with van der Waals surface area (Å²) in [6.45, 7) is 0. The Bertz CT molecular complexity index is 1280. The molecule has 3 amide bonds. The standard InChI is InChI=1S/C23H18ClN5O4/c1-28-18-10-6-5-9-16(18)20(14-7-3-2-4-8-14)26-21(22(28)30)27-23(31)25-17-13-15(24)11-12-19(17)29(32)33/h2-13,21H,1H3,(H2,25,27,31)/t21-/m1/s1. The summed E-state index contributed by atoms with van der Waals surface area (Å²) in [6.07, 6.45) is -1.27. The molecular formula is C23H18ClN5O4. The van der Waals surface area contributed by atoms with E-state index in [0.717, 1.165) is 11.1 Å². The highest BCUT2D eigenvalue weighted by Gasteiger charge is 2.31. The van der Waals surface area contributed by atoms with E-state index in [4.69, 9.17) is 11.6 Å². The summed E-state index contributed by atoms with van der Waals surface area (Å²) < 4.78 is 0. The summed E-state index contributed by atoms with van der Waals surface area (Å²) in [6, 6.07) is 19.5. The molecule has 0 fully saturated rings. The van der Waals surface area contributed by atoms with Gasteiger partial charge in [-0.2, -0.15) is 0 Å². The van der Waals surface area contributed by atoms with Crippen LogP contribution in [0, 0.1) is 10.1 Å². The van der Waals surface area contributed by atoms with E-state index in [1.807, 2.05) is 48.5 Å². The molecule has 0 unspecified atom stereocenters. The zero-order chi connectivity index (χ0) is 23.5. The molecular weight excluding hydrogens is 446 g/mol. The van der Waals surface area contributed by atoms with Crippen LogP contribution in [-0.2, 0) is 4.79 Å². The number of amides is 3. The van der Waals surface area contributed by atoms with Crippen molar-refractivity contribution in [2.24, 2.45) is 4.99 Å². The maximum absolute atomic E-state index is 13.1. The lowest BCUT2D eigenvalue weighted by molar-refractivity contribution is -0.383. The Morgan fingerprint density at radius 1 is 1.09 bits per heavy atom. The van der Waals surface area contributed by atoms with Gasteiger partial charge in [0.2, 0.25) is 6.17 Å². The number of anilines is 2. The zero-order valence-electron chi connectivity index (χ0n) is 17.4. The number of nitro groups is 1. The van der Waals surface area contributed by atoms with Gasteiger partial charge in [0.15, 0.2) is 0 Å². The molecule has 33 heavy (non-hydrogen) atoms. The number of nitrogens with zero attached hydrogens (tertiary/aromatic N) is 3. The van der Waals surface area contributed by atoms with Crippen molar-refractivity contribution in [3.63, 3.8) is 0 Å². The summed E-state index contributed by atoms with van der Waals surface area (Å²) in [5.74, 6) is -0.468. The molecule has 0 spiro atoms. The second-order valence-corrected chi connectivity index (χ2v) is 7.61. The van der Waals surface area contributed by atoms with Crippen molar-refractivity contribution in [3.8, 4) is 0 Å². The normalized spacial score (nSPS) is 15.2. The highest BCUT2D eigenvalue weighted by molar-refractivity contribution is 6.31. The first-order valence-electron chi connectivity index (χ1n) is 9.87. The summed E-state index contributed by atoms with van der Waals surface area (Å²) in [7, 11) is 1.60. The Balaban J connectivity index is 1.69. The monoisotopic (exact) mass is 463 g/mol. The highest BCUT2D eigenvalue weighted by atomic mass is 35.5. The van der Waals surface area contributed by atoms with E-state index in [9.17, 15) is 19.7 Å². The van der Waals surface area contributed by atoms with Crippen LogP contribution in [0.3, 0.4) is 0 Å². The Morgan fingerprint density at radius 3 is 2.52 bits per heavy atom.